The number of benzene rings is 1. The van der Waals surface area contributed by atoms with Crippen molar-refractivity contribution in [2.45, 2.75) is 68.7 Å². The van der Waals surface area contributed by atoms with Gasteiger partial charge in [0.25, 0.3) is 0 Å². The number of ether oxygens (including phenoxy) is 4. The molecule has 0 unspecified atom stereocenters. The molecule has 5 aliphatic rings. The molecule has 0 aromatic heterocycles. The first-order valence-electron chi connectivity index (χ1n) is 12.7. The summed E-state index contributed by atoms with van der Waals surface area (Å²) < 4.78 is 23.3. The second-order valence-electron chi connectivity index (χ2n) is 11.1. The van der Waals surface area contributed by atoms with E-state index in [0.29, 0.717) is 13.0 Å². The third-order valence-electron chi connectivity index (χ3n) is 9.04. The highest BCUT2D eigenvalue weighted by atomic mass is 16.7. The minimum absolute atomic E-state index is 0.0614. The fraction of sp³-hybridized carbons (Fsp3) is 0.731. The summed E-state index contributed by atoms with van der Waals surface area (Å²) >= 11 is 0. The van der Waals surface area contributed by atoms with Crippen LogP contribution in [0.5, 0.6) is 5.75 Å². The van der Waals surface area contributed by atoms with Gasteiger partial charge in [-0.3, -0.25) is 9.69 Å². The van der Waals surface area contributed by atoms with E-state index in [0.717, 1.165) is 44.8 Å². The fourth-order valence-corrected chi connectivity index (χ4v) is 6.46. The van der Waals surface area contributed by atoms with Gasteiger partial charge in [0, 0.05) is 44.3 Å². The molecule has 8 atom stereocenters. The number of carbonyl (C=O) groups is 1. The van der Waals surface area contributed by atoms with Gasteiger partial charge in [-0.25, -0.2) is 0 Å². The number of nitrogens with zero attached hydrogens (tertiary/aromatic N) is 2. The summed E-state index contributed by atoms with van der Waals surface area (Å²) in [5.74, 6) is 0.405. The normalized spacial score (nSPS) is 43.9. The Morgan fingerprint density at radius 3 is 2.56 bits per heavy atom. The average Bonchev–Trinajstić information content (AvgIpc) is 3.69. The van der Waals surface area contributed by atoms with Crippen LogP contribution >= 0.6 is 0 Å². The van der Waals surface area contributed by atoms with Gasteiger partial charge in [0.05, 0.1) is 30.8 Å². The molecule has 1 saturated carbocycles. The molecular weight excluding hydrogens is 436 g/mol. The highest BCUT2D eigenvalue weighted by molar-refractivity contribution is 5.76. The second kappa shape index (κ2) is 8.08. The van der Waals surface area contributed by atoms with Gasteiger partial charge < -0.3 is 29.0 Å². The van der Waals surface area contributed by atoms with Crippen LogP contribution in [0, 0.1) is 11.8 Å². The highest BCUT2D eigenvalue weighted by Crippen LogP contribution is 2.54. The molecule has 34 heavy (non-hydrogen) atoms. The smallest absolute Gasteiger partial charge is 0.311 e. The molecule has 4 saturated heterocycles. The SMILES string of the molecule is COc1ccc(N2CCN(C[C@@H]3C(=O)O[C@H]4[C@H]3C[C@@H](O)[C@@]3(C)O[C@@H]3CC[C@@]3(C)O[C@H]43)CC2)cc1. The van der Waals surface area contributed by atoms with E-state index in [-0.39, 0.29) is 41.7 Å². The minimum atomic E-state index is -0.600. The van der Waals surface area contributed by atoms with Crippen molar-refractivity contribution in [2.75, 3.05) is 44.7 Å². The number of aliphatic hydroxyl groups is 1. The Bertz CT molecular complexity index is 934. The lowest BCUT2D eigenvalue weighted by Crippen LogP contribution is -2.49. The van der Waals surface area contributed by atoms with Crippen molar-refractivity contribution < 1.29 is 28.8 Å². The first-order chi connectivity index (χ1) is 16.3. The van der Waals surface area contributed by atoms with Gasteiger partial charge in [-0.05, 0) is 57.4 Å². The number of esters is 1. The number of anilines is 1. The minimum Gasteiger partial charge on any atom is -0.497 e. The van der Waals surface area contributed by atoms with Gasteiger partial charge in [-0.15, -0.1) is 0 Å². The highest BCUT2D eigenvalue weighted by Gasteiger charge is 2.67. The van der Waals surface area contributed by atoms with Gasteiger partial charge in [0.2, 0.25) is 0 Å². The van der Waals surface area contributed by atoms with Crippen LogP contribution in [-0.4, -0.2) is 91.4 Å². The van der Waals surface area contributed by atoms with E-state index in [1.807, 2.05) is 19.1 Å². The molecule has 4 aliphatic heterocycles. The van der Waals surface area contributed by atoms with Gasteiger partial charge in [-0.2, -0.15) is 0 Å². The molecule has 8 heteroatoms. The average molecular weight is 473 g/mol. The maximum absolute atomic E-state index is 13.1. The van der Waals surface area contributed by atoms with Crippen LogP contribution in [0.1, 0.15) is 33.1 Å². The Balaban J connectivity index is 1.13. The van der Waals surface area contributed by atoms with E-state index < -0.39 is 11.7 Å². The molecule has 6 rings (SSSR count). The van der Waals surface area contributed by atoms with Crippen molar-refractivity contribution in [1.82, 2.24) is 4.90 Å². The maximum atomic E-state index is 13.1. The number of hydrogen-bond donors (Lipinski definition) is 1. The van der Waals surface area contributed by atoms with Crippen molar-refractivity contribution in [3.8, 4) is 5.75 Å². The first kappa shape index (κ1) is 22.6. The van der Waals surface area contributed by atoms with Crippen LogP contribution in [0.15, 0.2) is 24.3 Å². The summed E-state index contributed by atoms with van der Waals surface area (Å²) in [6.07, 6.45) is 1.36. The Hall–Kier alpha value is -1.87. The van der Waals surface area contributed by atoms with Crippen molar-refractivity contribution in [1.29, 1.82) is 0 Å². The Labute approximate surface area is 201 Å². The van der Waals surface area contributed by atoms with Gasteiger partial charge >= 0.3 is 5.97 Å². The molecule has 0 spiro atoms. The standard InChI is InChI=1S/C26H36N2O6/c1-25-9-8-21-26(2,33-21)20(29)14-18-19(24(30)32-22(18)23(25)34-25)15-27-10-12-28(13-11-27)16-4-6-17(31-3)7-5-16/h4-7,18-23,29H,8-15H2,1-3H3/t18-,19-,20+,21+,22-,23+,25+,26+/m0/s1. The molecule has 5 fully saturated rings. The number of aliphatic hydroxyl groups excluding tert-OH is 1. The van der Waals surface area contributed by atoms with Crippen LogP contribution in [0.25, 0.3) is 0 Å². The number of fused-ring (bicyclic) bond motifs is 4. The monoisotopic (exact) mass is 472 g/mol. The molecule has 1 aliphatic carbocycles. The quantitative estimate of drug-likeness (QED) is 0.525. The molecule has 4 heterocycles. The van der Waals surface area contributed by atoms with Crippen LogP contribution in [0.3, 0.4) is 0 Å². The summed E-state index contributed by atoms with van der Waals surface area (Å²) in [5.41, 5.74) is 0.425. The van der Waals surface area contributed by atoms with Crippen molar-refractivity contribution in [3.05, 3.63) is 24.3 Å². The van der Waals surface area contributed by atoms with Crippen LogP contribution in [-0.2, 0) is 19.0 Å². The number of methoxy groups -OCH3 is 1. The Morgan fingerprint density at radius 2 is 1.85 bits per heavy atom. The summed E-state index contributed by atoms with van der Waals surface area (Å²) in [7, 11) is 1.68. The number of carbonyl (C=O) groups excluding carboxylic acids is 1. The third kappa shape index (κ3) is 3.79. The molecule has 1 N–H and O–H groups in total. The van der Waals surface area contributed by atoms with Crippen molar-refractivity contribution >= 4 is 11.7 Å². The molecule has 1 aromatic carbocycles. The number of hydrogen-bond acceptors (Lipinski definition) is 8. The van der Waals surface area contributed by atoms with E-state index in [1.54, 1.807) is 7.11 Å². The van der Waals surface area contributed by atoms with Crippen LogP contribution in [0.4, 0.5) is 5.69 Å². The zero-order valence-corrected chi connectivity index (χ0v) is 20.3. The van der Waals surface area contributed by atoms with Crippen molar-refractivity contribution in [2.24, 2.45) is 11.8 Å². The van der Waals surface area contributed by atoms with E-state index in [9.17, 15) is 9.90 Å². The van der Waals surface area contributed by atoms with Crippen LogP contribution < -0.4 is 9.64 Å². The van der Waals surface area contributed by atoms with E-state index in [4.69, 9.17) is 18.9 Å². The summed E-state index contributed by atoms with van der Waals surface area (Å²) in [4.78, 5) is 17.8. The molecule has 1 aromatic rings. The largest absolute Gasteiger partial charge is 0.497 e. The van der Waals surface area contributed by atoms with Gasteiger partial charge in [0.1, 0.15) is 23.6 Å². The van der Waals surface area contributed by atoms with E-state index in [1.165, 1.54) is 5.69 Å². The third-order valence-corrected chi connectivity index (χ3v) is 9.04. The zero-order valence-electron chi connectivity index (χ0n) is 20.3. The lowest BCUT2D eigenvalue weighted by molar-refractivity contribution is -0.145. The predicted molar refractivity (Wildman–Crippen MR) is 125 cm³/mol. The summed E-state index contributed by atoms with van der Waals surface area (Å²) in [6, 6.07) is 8.16. The van der Waals surface area contributed by atoms with E-state index in [2.05, 4.69) is 28.9 Å². The van der Waals surface area contributed by atoms with Gasteiger partial charge in [0.15, 0.2) is 0 Å². The number of rotatable bonds is 4. The predicted octanol–water partition coefficient (Wildman–Crippen LogP) is 1.83. The molecular formula is C26H36N2O6. The second-order valence-corrected chi connectivity index (χ2v) is 11.1. The van der Waals surface area contributed by atoms with Crippen molar-refractivity contribution in [3.63, 3.8) is 0 Å². The summed E-state index contributed by atoms with van der Waals surface area (Å²) in [5, 5.41) is 11.1. The van der Waals surface area contributed by atoms with Gasteiger partial charge in [-0.1, -0.05) is 0 Å². The first-order valence-corrected chi connectivity index (χ1v) is 12.7. The molecule has 8 nitrogen and oxygen atoms in total. The lowest BCUT2D eigenvalue weighted by Gasteiger charge is -2.37. The fourth-order valence-electron chi connectivity index (χ4n) is 6.46. The Kier molecular flexibility index (Phi) is 5.37. The summed E-state index contributed by atoms with van der Waals surface area (Å²) in [6.45, 7) is 8.36. The lowest BCUT2D eigenvalue weighted by atomic mass is 9.77. The van der Waals surface area contributed by atoms with Crippen LogP contribution in [0.2, 0.25) is 0 Å². The molecule has 0 amide bonds. The van der Waals surface area contributed by atoms with E-state index >= 15 is 0 Å². The number of epoxide rings is 2. The maximum Gasteiger partial charge on any atom is 0.311 e. The Morgan fingerprint density at radius 1 is 1.12 bits per heavy atom. The zero-order chi connectivity index (χ0) is 23.7. The molecule has 0 bridgehead atoms. The molecule has 0 radical (unpaired) electrons. The topological polar surface area (TPSA) is 87.3 Å². The number of piperazine rings is 1. The molecule has 186 valence electrons.